The lowest BCUT2D eigenvalue weighted by atomic mass is 10.2. The van der Waals surface area contributed by atoms with Gasteiger partial charge in [0.15, 0.2) is 0 Å². The van der Waals surface area contributed by atoms with E-state index in [1.165, 1.54) is 0 Å². The molecule has 128 valence electrons. The number of carbonyl (C=O) groups is 1. The van der Waals surface area contributed by atoms with Crippen molar-refractivity contribution in [3.05, 3.63) is 28.2 Å². The van der Waals surface area contributed by atoms with Crippen LogP contribution in [-0.4, -0.2) is 49.8 Å². The van der Waals surface area contributed by atoms with Crippen molar-refractivity contribution in [3.63, 3.8) is 0 Å². The number of hydrogen-bond donors (Lipinski definition) is 2. The van der Waals surface area contributed by atoms with E-state index in [1.54, 1.807) is 18.2 Å². The van der Waals surface area contributed by atoms with Crippen LogP contribution in [0.2, 0.25) is 10.0 Å². The third-order valence-electron chi connectivity index (χ3n) is 3.51. The van der Waals surface area contributed by atoms with Crippen molar-refractivity contribution in [2.75, 3.05) is 38.1 Å². The summed E-state index contributed by atoms with van der Waals surface area (Å²) < 4.78 is 5.70. The highest BCUT2D eigenvalue weighted by molar-refractivity contribution is 6.42. The zero-order valence-electron chi connectivity index (χ0n) is 13.4. The summed E-state index contributed by atoms with van der Waals surface area (Å²) in [6.45, 7) is 8.42. The highest BCUT2D eigenvalue weighted by atomic mass is 35.5. The maximum atomic E-state index is 11.9. The summed E-state index contributed by atoms with van der Waals surface area (Å²) in [5, 5.41) is 6.43. The monoisotopic (exact) mass is 359 g/mol. The highest BCUT2D eigenvalue weighted by Gasteiger charge is 2.21. The molecule has 7 heteroatoms. The minimum Gasteiger partial charge on any atom is -0.374 e. The first kappa shape index (κ1) is 18.3. The number of hydrogen-bond acceptors (Lipinski definition) is 3. The van der Waals surface area contributed by atoms with Crippen molar-refractivity contribution in [2.45, 2.75) is 20.0 Å². The number of rotatable bonds is 5. The number of carbonyl (C=O) groups excluding carboxylic acids is 1. The smallest absolute Gasteiger partial charge is 0.319 e. The van der Waals surface area contributed by atoms with Gasteiger partial charge in [-0.15, -0.1) is 0 Å². The van der Waals surface area contributed by atoms with E-state index < -0.39 is 0 Å². The van der Waals surface area contributed by atoms with Crippen LogP contribution in [0.5, 0.6) is 0 Å². The van der Waals surface area contributed by atoms with Crippen LogP contribution in [0, 0.1) is 5.92 Å². The van der Waals surface area contributed by atoms with Crippen LogP contribution in [0.25, 0.3) is 0 Å². The summed E-state index contributed by atoms with van der Waals surface area (Å²) in [6.07, 6.45) is 0.0158. The van der Waals surface area contributed by atoms with Crippen LogP contribution in [0.15, 0.2) is 18.2 Å². The van der Waals surface area contributed by atoms with Crippen LogP contribution in [0.1, 0.15) is 13.8 Å². The van der Waals surface area contributed by atoms with Gasteiger partial charge in [0.25, 0.3) is 0 Å². The van der Waals surface area contributed by atoms with Gasteiger partial charge in [0, 0.05) is 31.9 Å². The molecule has 0 aromatic heterocycles. The fraction of sp³-hybridized carbons (Fsp3) is 0.562. The Kier molecular flexibility index (Phi) is 6.96. The molecule has 1 saturated heterocycles. The van der Waals surface area contributed by atoms with Crippen molar-refractivity contribution < 1.29 is 9.53 Å². The molecule has 1 atom stereocenters. The van der Waals surface area contributed by atoms with Crippen LogP contribution >= 0.6 is 23.2 Å². The molecule has 0 aliphatic carbocycles. The summed E-state index contributed by atoms with van der Waals surface area (Å²) >= 11 is 11.8. The minimum absolute atomic E-state index is 0.0158. The lowest BCUT2D eigenvalue weighted by molar-refractivity contribution is -0.0288. The van der Waals surface area contributed by atoms with Crippen LogP contribution in [-0.2, 0) is 4.74 Å². The molecule has 1 aromatic carbocycles. The molecule has 23 heavy (non-hydrogen) atoms. The number of halogens is 2. The summed E-state index contributed by atoms with van der Waals surface area (Å²) in [7, 11) is 0. The third-order valence-corrected chi connectivity index (χ3v) is 4.25. The van der Waals surface area contributed by atoms with Crippen molar-refractivity contribution in [3.8, 4) is 0 Å². The predicted octanol–water partition coefficient (Wildman–Crippen LogP) is 3.47. The quantitative estimate of drug-likeness (QED) is 0.846. The highest BCUT2D eigenvalue weighted by Crippen LogP contribution is 2.24. The Bertz CT molecular complexity index is 540. The summed E-state index contributed by atoms with van der Waals surface area (Å²) in [5.74, 6) is 0.625. The minimum atomic E-state index is -0.284. The molecule has 0 saturated carbocycles. The molecule has 1 aromatic rings. The van der Waals surface area contributed by atoms with Crippen LogP contribution in [0.4, 0.5) is 10.5 Å². The Balaban J connectivity index is 1.76. The van der Waals surface area contributed by atoms with Crippen LogP contribution in [0.3, 0.4) is 0 Å². The second-order valence-electron chi connectivity index (χ2n) is 6.11. The van der Waals surface area contributed by atoms with Crippen molar-refractivity contribution >= 4 is 34.9 Å². The molecule has 2 N–H and O–H groups in total. The van der Waals surface area contributed by atoms with Crippen molar-refractivity contribution in [1.82, 2.24) is 10.2 Å². The summed E-state index contributed by atoms with van der Waals surface area (Å²) in [6, 6.07) is 4.68. The van der Waals surface area contributed by atoms with Gasteiger partial charge in [-0.3, -0.25) is 4.90 Å². The fourth-order valence-corrected chi connectivity index (χ4v) is 2.84. The molecule has 1 unspecified atom stereocenters. The van der Waals surface area contributed by atoms with Crippen LogP contribution < -0.4 is 10.6 Å². The SMILES string of the molecule is CC(C)CN1CCOC(CNC(=O)Nc2ccc(Cl)c(Cl)c2)C1. The van der Waals surface area contributed by atoms with E-state index in [9.17, 15) is 4.79 Å². The average molecular weight is 360 g/mol. The number of amides is 2. The zero-order chi connectivity index (χ0) is 16.8. The number of ether oxygens (including phenoxy) is 1. The molecule has 1 heterocycles. The first-order valence-electron chi connectivity index (χ1n) is 7.78. The Hall–Kier alpha value is -1.01. The largest absolute Gasteiger partial charge is 0.374 e. The third kappa shape index (κ3) is 6.18. The first-order valence-corrected chi connectivity index (χ1v) is 8.53. The van der Waals surface area contributed by atoms with E-state index in [4.69, 9.17) is 27.9 Å². The van der Waals surface area contributed by atoms with Gasteiger partial charge in [-0.25, -0.2) is 4.79 Å². The Labute approximate surface area is 147 Å². The van der Waals surface area contributed by atoms with Gasteiger partial charge in [0.2, 0.25) is 0 Å². The number of urea groups is 1. The molecule has 1 aliphatic heterocycles. The van der Waals surface area contributed by atoms with Gasteiger partial charge < -0.3 is 15.4 Å². The Morgan fingerprint density at radius 3 is 2.87 bits per heavy atom. The summed E-state index contributed by atoms with van der Waals surface area (Å²) in [5.41, 5.74) is 0.600. The second kappa shape index (κ2) is 8.73. The van der Waals surface area contributed by atoms with Gasteiger partial charge in [-0.05, 0) is 24.1 Å². The number of morpholine rings is 1. The van der Waals surface area contributed by atoms with Crippen molar-refractivity contribution in [2.24, 2.45) is 5.92 Å². The molecular formula is C16H23Cl2N3O2. The lowest BCUT2D eigenvalue weighted by Gasteiger charge is -2.33. The molecule has 2 rings (SSSR count). The molecule has 1 fully saturated rings. The maximum absolute atomic E-state index is 11.9. The van der Waals surface area contributed by atoms with E-state index in [-0.39, 0.29) is 12.1 Å². The molecule has 2 amide bonds. The number of nitrogens with zero attached hydrogens (tertiary/aromatic N) is 1. The Morgan fingerprint density at radius 2 is 2.17 bits per heavy atom. The fourth-order valence-electron chi connectivity index (χ4n) is 2.54. The van der Waals surface area contributed by atoms with Crippen molar-refractivity contribution in [1.29, 1.82) is 0 Å². The van der Waals surface area contributed by atoms with Gasteiger partial charge in [0.1, 0.15) is 0 Å². The van der Waals surface area contributed by atoms with E-state index in [2.05, 4.69) is 29.4 Å². The molecule has 0 spiro atoms. The summed E-state index contributed by atoms with van der Waals surface area (Å²) in [4.78, 5) is 14.3. The van der Waals surface area contributed by atoms with E-state index >= 15 is 0 Å². The number of anilines is 1. The zero-order valence-corrected chi connectivity index (χ0v) is 15.0. The first-order chi connectivity index (χ1) is 10.9. The molecule has 0 bridgehead atoms. The normalized spacial score (nSPS) is 18.9. The van der Waals surface area contributed by atoms with Gasteiger partial charge in [-0.2, -0.15) is 0 Å². The van der Waals surface area contributed by atoms with Gasteiger partial charge >= 0.3 is 6.03 Å². The molecule has 5 nitrogen and oxygen atoms in total. The number of nitrogens with one attached hydrogen (secondary N) is 2. The lowest BCUT2D eigenvalue weighted by Crippen LogP contribution is -2.48. The van der Waals surface area contributed by atoms with Gasteiger partial charge in [-0.1, -0.05) is 37.0 Å². The molecular weight excluding hydrogens is 337 g/mol. The topological polar surface area (TPSA) is 53.6 Å². The van der Waals surface area contributed by atoms with Gasteiger partial charge in [0.05, 0.1) is 22.8 Å². The molecule has 1 aliphatic rings. The predicted molar refractivity (Wildman–Crippen MR) is 94.5 cm³/mol. The molecule has 0 radical (unpaired) electrons. The standard InChI is InChI=1S/C16H23Cl2N3O2/c1-11(2)9-21-5-6-23-13(10-21)8-19-16(22)20-12-3-4-14(17)15(18)7-12/h3-4,7,11,13H,5-6,8-10H2,1-2H3,(H2,19,20,22). The average Bonchev–Trinajstić information content (AvgIpc) is 2.49. The van der Waals surface area contributed by atoms with E-state index in [1.807, 2.05) is 0 Å². The maximum Gasteiger partial charge on any atom is 0.319 e. The van der Waals surface area contributed by atoms with E-state index in [0.717, 1.165) is 19.6 Å². The van der Waals surface area contributed by atoms with E-state index in [0.29, 0.717) is 34.8 Å². The second-order valence-corrected chi connectivity index (χ2v) is 6.92. The number of benzene rings is 1. The Morgan fingerprint density at radius 1 is 1.39 bits per heavy atom.